The highest BCUT2D eigenvalue weighted by atomic mass is 16.3. The van der Waals surface area contributed by atoms with Gasteiger partial charge in [-0.3, -0.25) is 0 Å². The first-order valence-electron chi connectivity index (χ1n) is 12.9. The molecule has 0 amide bonds. The number of phenolic OH excluding ortho intramolecular Hbond substituents is 2. The highest BCUT2D eigenvalue weighted by Crippen LogP contribution is 2.23. The van der Waals surface area contributed by atoms with Crippen molar-refractivity contribution in [2.24, 2.45) is 11.8 Å². The van der Waals surface area contributed by atoms with Crippen molar-refractivity contribution in [2.75, 3.05) is 0 Å². The first kappa shape index (κ1) is 28.1. The summed E-state index contributed by atoms with van der Waals surface area (Å²) in [5.41, 5.74) is 2.55. The molecule has 0 atom stereocenters. The van der Waals surface area contributed by atoms with Gasteiger partial charge in [-0.05, 0) is 66.8 Å². The van der Waals surface area contributed by atoms with Gasteiger partial charge in [0.1, 0.15) is 11.5 Å². The molecule has 0 fully saturated rings. The van der Waals surface area contributed by atoms with Crippen molar-refractivity contribution in [3.8, 4) is 11.5 Å². The van der Waals surface area contributed by atoms with E-state index < -0.39 is 0 Å². The zero-order valence-electron chi connectivity index (χ0n) is 21.2. The van der Waals surface area contributed by atoms with Crippen LogP contribution in [0.2, 0.25) is 0 Å². The van der Waals surface area contributed by atoms with Crippen LogP contribution in [-0.4, -0.2) is 10.2 Å². The van der Waals surface area contributed by atoms with Crippen molar-refractivity contribution in [1.82, 2.24) is 0 Å². The molecule has 0 spiro atoms. The number of phenols is 2. The quantitative estimate of drug-likeness (QED) is 0.288. The second-order valence-corrected chi connectivity index (χ2v) is 9.99. The Hall–Kier alpha value is -1.96. The van der Waals surface area contributed by atoms with Gasteiger partial charge in [-0.2, -0.15) is 0 Å². The van der Waals surface area contributed by atoms with Gasteiger partial charge < -0.3 is 10.2 Å². The van der Waals surface area contributed by atoms with Gasteiger partial charge in [0.25, 0.3) is 0 Å². The Kier molecular flexibility index (Phi) is 15.4. The van der Waals surface area contributed by atoms with E-state index in [0.717, 1.165) is 30.2 Å². The Bertz CT molecular complexity index is 691. The molecular formula is C30H48O2. The van der Waals surface area contributed by atoms with E-state index in [1.54, 1.807) is 24.3 Å². The van der Waals surface area contributed by atoms with Crippen molar-refractivity contribution in [2.45, 2.75) is 105 Å². The molecule has 2 aromatic rings. The van der Waals surface area contributed by atoms with Gasteiger partial charge in [0, 0.05) is 0 Å². The Morgan fingerprint density at radius 1 is 0.594 bits per heavy atom. The molecule has 2 N–H and O–H groups in total. The molecule has 0 aliphatic rings. The first-order valence-corrected chi connectivity index (χ1v) is 12.9. The minimum Gasteiger partial charge on any atom is -0.508 e. The average molecular weight is 441 g/mol. The summed E-state index contributed by atoms with van der Waals surface area (Å²) in [5.74, 6) is 2.47. The molecule has 0 aliphatic heterocycles. The monoisotopic (exact) mass is 440 g/mol. The molecule has 2 rings (SSSR count). The Morgan fingerprint density at radius 2 is 1.12 bits per heavy atom. The molecule has 0 aromatic heterocycles. The lowest BCUT2D eigenvalue weighted by Crippen LogP contribution is -1.93. The lowest BCUT2D eigenvalue weighted by molar-refractivity contribution is 0.464. The van der Waals surface area contributed by atoms with Crippen LogP contribution < -0.4 is 0 Å². The van der Waals surface area contributed by atoms with Crippen LogP contribution in [0.25, 0.3) is 0 Å². The van der Waals surface area contributed by atoms with Gasteiger partial charge in [0.15, 0.2) is 0 Å². The molecule has 2 aromatic carbocycles. The van der Waals surface area contributed by atoms with Crippen molar-refractivity contribution < 1.29 is 10.2 Å². The number of hydrogen-bond donors (Lipinski definition) is 2. The third kappa shape index (κ3) is 14.9. The SMILES string of the molecule is CC(C)CCCCCCc1ccc(O)c(CCCCCCC(C)C)c1.Oc1ccccc1. The van der Waals surface area contributed by atoms with E-state index in [0.29, 0.717) is 11.5 Å². The van der Waals surface area contributed by atoms with Gasteiger partial charge >= 0.3 is 0 Å². The summed E-state index contributed by atoms with van der Waals surface area (Å²) in [6.07, 6.45) is 15.4. The number of para-hydroxylation sites is 1. The summed E-state index contributed by atoms with van der Waals surface area (Å²) in [4.78, 5) is 0. The molecule has 2 heteroatoms. The predicted octanol–water partition coefficient (Wildman–Crippen LogP) is 9.08. The van der Waals surface area contributed by atoms with Crippen LogP contribution >= 0.6 is 0 Å². The molecule has 0 saturated heterocycles. The fourth-order valence-electron chi connectivity index (χ4n) is 3.88. The van der Waals surface area contributed by atoms with E-state index in [4.69, 9.17) is 5.11 Å². The summed E-state index contributed by atoms with van der Waals surface area (Å²) in [6.45, 7) is 9.21. The van der Waals surface area contributed by atoms with Crippen molar-refractivity contribution in [3.05, 3.63) is 59.7 Å². The highest BCUT2D eigenvalue weighted by Gasteiger charge is 2.04. The third-order valence-corrected chi connectivity index (χ3v) is 5.87. The second-order valence-electron chi connectivity index (χ2n) is 9.99. The molecule has 0 aliphatic carbocycles. The summed E-state index contributed by atoms with van der Waals surface area (Å²) in [5, 5.41) is 18.7. The van der Waals surface area contributed by atoms with Crippen molar-refractivity contribution in [1.29, 1.82) is 0 Å². The van der Waals surface area contributed by atoms with Crippen LogP contribution in [0.3, 0.4) is 0 Å². The van der Waals surface area contributed by atoms with Crippen LogP contribution in [0, 0.1) is 11.8 Å². The molecule has 2 nitrogen and oxygen atoms in total. The molecular weight excluding hydrogens is 392 g/mol. The van der Waals surface area contributed by atoms with E-state index >= 15 is 0 Å². The molecule has 0 saturated carbocycles. The van der Waals surface area contributed by atoms with E-state index in [-0.39, 0.29) is 0 Å². The maximum Gasteiger partial charge on any atom is 0.118 e. The summed E-state index contributed by atoms with van der Waals surface area (Å²) < 4.78 is 0. The van der Waals surface area contributed by atoms with Gasteiger partial charge in [0.05, 0.1) is 0 Å². The van der Waals surface area contributed by atoms with Crippen LogP contribution in [-0.2, 0) is 12.8 Å². The van der Waals surface area contributed by atoms with Crippen LogP contribution in [0.15, 0.2) is 48.5 Å². The average Bonchev–Trinajstić information content (AvgIpc) is 2.75. The Balaban J connectivity index is 0.000000616. The molecule has 32 heavy (non-hydrogen) atoms. The highest BCUT2D eigenvalue weighted by molar-refractivity contribution is 5.36. The normalized spacial score (nSPS) is 10.9. The van der Waals surface area contributed by atoms with Crippen molar-refractivity contribution in [3.63, 3.8) is 0 Å². The lowest BCUT2D eigenvalue weighted by atomic mass is 9.98. The van der Waals surface area contributed by atoms with E-state index in [9.17, 15) is 5.11 Å². The lowest BCUT2D eigenvalue weighted by Gasteiger charge is -2.09. The van der Waals surface area contributed by atoms with Crippen molar-refractivity contribution >= 4 is 0 Å². The molecule has 0 unspecified atom stereocenters. The van der Waals surface area contributed by atoms with Gasteiger partial charge in [-0.15, -0.1) is 0 Å². The molecule has 0 bridgehead atoms. The minimum atomic E-state index is 0.322. The predicted molar refractivity (Wildman–Crippen MR) is 139 cm³/mol. The fraction of sp³-hybridized carbons (Fsp3) is 0.600. The zero-order valence-corrected chi connectivity index (χ0v) is 21.2. The third-order valence-electron chi connectivity index (χ3n) is 5.87. The number of aromatic hydroxyl groups is 2. The molecule has 180 valence electrons. The van der Waals surface area contributed by atoms with Crippen LogP contribution in [0.1, 0.15) is 103 Å². The largest absolute Gasteiger partial charge is 0.508 e. The summed E-state index contributed by atoms with van der Waals surface area (Å²) in [7, 11) is 0. The standard InChI is InChI=1S/C24H42O.C6H6O/c1-20(2)13-9-5-7-11-15-22-17-18-24(25)23(19-22)16-12-8-6-10-14-21(3)4;7-6-4-2-1-3-5-6/h17-21,25H,5-16H2,1-4H3;1-5,7H. The van der Waals surface area contributed by atoms with E-state index in [2.05, 4.69) is 39.8 Å². The Morgan fingerprint density at radius 3 is 1.62 bits per heavy atom. The number of benzene rings is 2. The van der Waals surface area contributed by atoms with Crippen LogP contribution in [0.5, 0.6) is 11.5 Å². The fourth-order valence-corrected chi connectivity index (χ4v) is 3.88. The zero-order chi connectivity index (χ0) is 23.6. The Labute approximate surface area is 198 Å². The smallest absolute Gasteiger partial charge is 0.118 e. The number of hydrogen-bond acceptors (Lipinski definition) is 2. The molecule has 0 radical (unpaired) electrons. The van der Waals surface area contributed by atoms with Gasteiger partial charge in [0.2, 0.25) is 0 Å². The first-order chi connectivity index (χ1) is 15.4. The topological polar surface area (TPSA) is 40.5 Å². The molecule has 0 heterocycles. The van der Waals surface area contributed by atoms with E-state index in [1.807, 2.05) is 12.1 Å². The number of unbranched alkanes of at least 4 members (excludes halogenated alkanes) is 6. The van der Waals surface area contributed by atoms with Crippen LogP contribution in [0.4, 0.5) is 0 Å². The van der Waals surface area contributed by atoms with Gasteiger partial charge in [-0.25, -0.2) is 0 Å². The summed E-state index contributed by atoms with van der Waals surface area (Å²) >= 11 is 0. The van der Waals surface area contributed by atoms with Gasteiger partial charge in [-0.1, -0.05) is 109 Å². The maximum atomic E-state index is 10.1. The number of aryl methyl sites for hydroxylation is 2. The maximum absolute atomic E-state index is 10.1. The number of rotatable bonds is 14. The van der Waals surface area contributed by atoms with E-state index in [1.165, 1.54) is 69.8 Å². The minimum absolute atomic E-state index is 0.322. The summed E-state index contributed by atoms with van der Waals surface area (Å²) in [6, 6.07) is 15.0. The second kappa shape index (κ2) is 17.6.